The third kappa shape index (κ3) is 4.98. The summed E-state index contributed by atoms with van der Waals surface area (Å²) in [6, 6.07) is 5.35. The first-order valence-corrected chi connectivity index (χ1v) is 4.30. The highest BCUT2D eigenvalue weighted by molar-refractivity contribution is 7.97. The molecule has 0 fully saturated rings. The second-order valence-corrected chi connectivity index (χ2v) is 2.17. The fourth-order valence-corrected chi connectivity index (χ4v) is 0.812. The summed E-state index contributed by atoms with van der Waals surface area (Å²) in [4.78, 5) is 3.91. The van der Waals surface area contributed by atoms with Crippen molar-refractivity contribution >= 4 is 17.8 Å². The Bertz CT molecular complexity index is 203. The van der Waals surface area contributed by atoms with Crippen molar-refractivity contribution in [2.24, 2.45) is 5.14 Å². The highest BCUT2D eigenvalue weighted by Gasteiger charge is 1.89. The summed E-state index contributed by atoms with van der Waals surface area (Å²) in [7, 11) is 0. The van der Waals surface area contributed by atoms with Gasteiger partial charge in [0.15, 0.2) is 0 Å². The Morgan fingerprint density at radius 1 is 1.33 bits per heavy atom. The van der Waals surface area contributed by atoms with Crippen LogP contribution in [0.2, 0.25) is 0 Å². The van der Waals surface area contributed by atoms with Gasteiger partial charge in [-0.15, -0.1) is 0 Å². The van der Waals surface area contributed by atoms with E-state index < -0.39 is 0 Å². The molecule has 4 N–H and O–H groups in total. The zero-order valence-corrected chi connectivity index (χ0v) is 7.56. The molecular formula is C8H17N3S. The number of nitrogen functional groups attached to an aromatic ring is 1. The number of anilines is 1. The van der Waals surface area contributed by atoms with Gasteiger partial charge in [0.2, 0.25) is 0 Å². The van der Waals surface area contributed by atoms with Crippen molar-refractivity contribution in [2.45, 2.75) is 26.3 Å². The second-order valence-electron chi connectivity index (χ2n) is 1.52. The molecule has 0 atom stereocenters. The molecule has 0 aliphatic carbocycles. The van der Waals surface area contributed by atoms with Crippen LogP contribution in [-0.4, -0.2) is 4.98 Å². The first-order chi connectivity index (χ1) is 5.33. The average molecular weight is 187 g/mol. The molecular weight excluding hydrogens is 170 g/mol. The molecule has 12 heavy (non-hydrogen) atoms. The molecule has 0 unspecified atom stereocenters. The molecule has 0 aliphatic heterocycles. The lowest BCUT2D eigenvalue weighted by molar-refractivity contribution is 1.15. The molecule has 0 aromatic carbocycles. The summed E-state index contributed by atoms with van der Waals surface area (Å²) in [6.07, 6.45) is 0. The van der Waals surface area contributed by atoms with Crippen LogP contribution in [0.15, 0.2) is 23.2 Å². The standard InChI is InChI=1S/C5H7N3S.C2H6.CH4/c6-4-2-1-3-5(8-4)9-7;1-2;/h1-3H,7H2,(H2,6,8);1-2H3;1H4. The van der Waals surface area contributed by atoms with Crippen LogP contribution >= 0.6 is 11.9 Å². The monoisotopic (exact) mass is 187 g/mol. The van der Waals surface area contributed by atoms with E-state index in [2.05, 4.69) is 4.98 Å². The Morgan fingerprint density at radius 2 is 1.92 bits per heavy atom. The van der Waals surface area contributed by atoms with Crippen molar-refractivity contribution in [3.8, 4) is 0 Å². The van der Waals surface area contributed by atoms with Crippen molar-refractivity contribution in [2.75, 3.05) is 5.73 Å². The van der Waals surface area contributed by atoms with Crippen LogP contribution in [0.3, 0.4) is 0 Å². The smallest absolute Gasteiger partial charge is 0.124 e. The van der Waals surface area contributed by atoms with Crippen LogP contribution in [0, 0.1) is 0 Å². The molecule has 1 aromatic heterocycles. The zero-order chi connectivity index (χ0) is 8.69. The van der Waals surface area contributed by atoms with E-state index in [9.17, 15) is 0 Å². The number of pyridine rings is 1. The molecule has 0 spiro atoms. The lowest BCUT2D eigenvalue weighted by Gasteiger charge is -1.93. The molecule has 4 heteroatoms. The van der Waals surface area contributed by atoms with Gasteiger partial charge in [0.25, 0.3) is 0 Å². The van der Waals surface area contributed by atoms with E-state index in [1.165, 1.54) is 0 Å². The number of rotatable bonds is 1. The largest absolute Gasteiger partial charge is 0.384 e. The van der Waals surface area contributed by atoms with Crippen molar-refractivity contribution in [1.29, 1.82) is 0 Å². The number of aromatic nitrogens is 1. The molecule has 0 amide bonds. The maximum Gasteiger partial charge on any atom is 0.124 e. The highest BCUT2D eigenvalue weighted by Crippen LogP contribution is 2.08. The van der Waals surface area contributed by atoms with Gasteiger partial charge in [0.05, 0.1) is 0 Å². The summed E-state index contributed by atoms with van der Waals surface area (Å²) < 4.78 is 0. The van der Waals surface area contributed by atoms with Gasteiger partial charge in [-0.25, -0.2) is 4.98 Å². The molecule has 0 saturated carbocycles. The van der Waals surface area contributed by atoms with Gasteiger partial charge in [0.1, 0.15) is 10.8 Å². The van der Waals surface area contributed by atoms with Crippen LogP contribution in [-0.2, 0) is 0 Å². The van der Waals surface area contributed by atoms with Crippen molar-refractivity contribution in [3.05, 3.63) is 18.2 Å². The molecule has 3 nitrogen and oxygen atoms in total. The van der Waals surface area contributed by atoms with E-state index in [1.807, 2.05) is 19.9 Å². The van der Waals surface area contributed by atoms with Crippen molar-refractivity contribution in [3.63, 3.8) is 0 Å². The molecule has 0 bridgehead atoms. The van der Waals surface area contributed by atoms with E-state index in [-0.39, 0.29) is 7.43 Å². The van der Waals surface area contributed by atoms with Gasteiger partial charge in [-0.1, -0.05) is 27.3 Å². The topological polar surface area (TPSA) is 64.9 Å². The van der Waals surface area contributed by atoms with E-state index in [1.54, 1.807) is 12.1 Å². The SMILES string of the molecule is C.CC.NSc1cccc(N)n1. The van der Waals surface area contributed by atoms with E-state index in [0.29, 0.717) is 5.82 Å². The third-order valence-corrected chi connectivity index (χ3v) is 1.33. The number of hydrogen-bond donors (Lipinski definition) is 2. The van der Waals surface area contributed by atoms with Crippen LogP contribution in [0.1, 0.15) is 21.3 Å². The first-order valence-electron chi connectivity index (χ1n) is 3.42. The van der Waals surface area contributed by atoms with Crippen molar-refractivity contribution < 1.29 is 0 Å². The van der Waals surface area contributed by atoms with E-state index in [4.69, 9.17) is 10.9 Å². The molecule has 0 radical (unpaired) electrons. The van der Waals surface area contributed by atoms with Gasteiger partial charge >= 0.3 is 0 Å². The van der Waals surface area contributed by atoms with Crippen LogP contribution in [0.5, 0.6) is 0 Å². The van der Waals surface area contributed by atoms with Gasteiger partial charge in [-0.05, 0) is 24.1 Å². The van der Waals surface area contributed by atoms with Crippen LogP contribution in [0.25, 0.3) is 0 Å². The fraction of sp³-hybridized carbons (Fsp3) is 0.375. The minimum atomic E-state index is 0. The maximum atomic E-state index is 5.35. The lowest BCUT2D eigenvalue weighted by Crippen LogP contribution is -1.91. The molecule has 1 heterocycles. The molecule has 1 aromatic rings. The summed E-state index contributed by atoms with van der Waals surface area (Å²) in [6.45, 7) is 4.00. The minimum Gasteiger partial charge on any atom is -0.384 e. The van der Waals surface area contributed by atoms with Crippen LogP contribution < -0.4 is 10.9 Å². The van der Waals surface area contributed by atoms with Gasteiger partial charge < -0.3 is 5.73 Å². The average Bonchev–Trinajstić information content (AvgIpc) is 2.08. The van der Waals surface area contributed by atoms with Gasteiger partial charge in [-0.2, -0.15) is 0 Å². The Hall–Kier alpha value is -0.740. The van der Waals surface area contributed by atoms with E-state index >= 15 is 0 Å². The van der Waals surface area contributed by atoms with E-state index in [0.717, 1.165) is 17.0 Å². The molecule has 0 saturated heterocycles. The Morgan fingerprint density at radius 3 is 2.25 bits per heavy atom. The predicted molar refractivity (Wildman–Crippen MR) is 56.8 cm³/mol. The van der Waals surface area contributed by atoms with Gasteiger partial charge in [-0.3, -0.25) is 5.14 Å². The summed E-state index contributed by atoms with van der Waals surface area (Å²) >= 11 is 1.09. The number of nitrogens with zero attached hydrogens (tertiary/aromatic N) is 1. The Labute approximate surface area is 78.7 Å². The highest BCUT2D eigenvalue weighted by atomic mass is 32.2. The Kier molecular flexibility index (Phi) is 9.63. The summed E-state index contributed by atoms with van der Waals surface area (Å²) in [5, 5.41) is 5.96. The second kappa shape index (κ2) is 8.36. The molecule has 70 valence electrons. The normalized spacial score (nSPS) is 7.58. The third-order valence-electron chi connectivity index (χ3n) is 0.866. The van der Waals surface area contributed by atoms with Crippen molar-refractivity contribution in [1.82, 2.24) is 4.98 Å². The maximum absolute atomic E-state index is 5.35. The number of nitrogens with two attached hydrogens (primary N) is 2. The zero-order valence-electron chi connectivity index (χ0n) is 6.74. The predicted octanol–water partition coefficient (Wildman–Crippen LogP) is 2.29. The fourth-order valence-electron chi connectivity index (χ4n) is 0.496. The number of hydrogen-bond acceptors (Lipinski definition) is 4. The summed E-state index contributed by atoms with van der Waals surface area (Å²) in [5.41, 5.74) is 5.35. The van der Waals surface area contributed by atoms with Crippen LogP contribution in [0.4, 0.5) is 5.82 Å². The lowest BCUT2D eigenvalue weighted by atomic mass is 10.5. The Balaban J connectivity index is 0. The quantitative estimate of drug-likeness (QED) is 0.662. The van der Waals surface area contributed by atoms with Gasteiger partial charge in [0, 0.05) is 0 Å². The minimum absolute atomic E-state index is 0. The molecule has 1 rings (SSSR count). The first kappa shape index (κ1) is 13.8. The molecule has 0 aliphatic rings. The summed E-state index contributed by atoms with van der Waals surface area (Å²) in [5.74, 6) is 0.505.